The van der Waals surface area contributed by atoms with E-state index >= 15 is 0 Å². The minimum absolute atomic E-state index is 0.155. The van der Waals surface area contributed by atoms with E-state index in [2.05, 4.69) is 5.32 Å². The molecule has 0 bridgehead atoms. The minimum Gasteiger partial charge on any atom is -0.481 e. The van der Waals surface area contributed by atoms with Crippen molar-refractivity contribution in [3.05, 3.63) is 58.8 Å². The van der Waals surface area contributed by atoms with Gasteiger partial charge in [0, 0.05) is 11.1 Å². The molecule has 0 atom stereocenters. The van der Waals surface area contributed by atoms with Gasteiger partial charge < -0.3 is 14.8 Å². The SMILES string of the molecule is Cc1coc(CC(=O)O)c1C(=O)NC1(Cc2cccc(F)c2)CCC1. The number of hydrogen-bond acceptors (Lipinski definition) is 3. The second-order valence-corrected chi connectivity index (χ2v) is 6.68. The number of carboxylic acids is 1. The monoisotopic (exact) mass is 345 g/mol. The highest BCUT2D eigenvalue weighted by Crippen LogP contribution is 2.36. The van der Waals surface area contributed by atoms with Gasteiger partial charge in [0.05, 0.1) is 11.8 Å². The van der Waals surface area contributed by atoms with Crippen LogP contribution in [0.1, 0.15) is 46.5 Å². The summed E-state index contributed by atoms with van der Waals surface area (Å²) in [6.45, 7) is 1.71. The standard InChI is InChI=1S/C19H20FNO4/c1-12-11-25-15(9-16(22)23)17(12)18(24)21-19(6-3-7-19)10-13-4-2-5-14(20)8-13/h2,4-5,8,11H,3,6-7,9-10H2,1H3,(H,21,24)(H,22,23). The van der Waals surface area contributed by atoms with Gasteiger partial charge in [-0.15, -0.1) is 0 Å². The quantitative estimate of drug-likeness (QED) is 0.842. The molecule has 1 fully saturated rings. The Morgan fingerprint density at radius 3 is 2.72 bits per heavy atom. The van der Waals surface area contributed by atoms with Gasteiger partial charge in [0.2, 0.25) is 0 Å². The Bertz CT molecular complexity index is 808. The molecule has 0 unspecified atom stereocenters. The third-order valence-corrected chi connectivity index (χ3v) is 4.71. The number of carbonyl (C=O) groups is 2. The molecule has 0 aliphatic heterocycles. The van der Waals surface area contributed by atoms with E-state index in [9.17, 15) is 14.0 Å². The largest absolute Gasteiger partial charge is 0.481 e. The first-order chi connectivity index (χ1) is 11.9. The second-order valence-electron chi connectivity index (χ2n) is 6.68. The zero-order chi connectivity index (χ0) is 18.0. The molecule has 6 heteroatoms. The Hall–Kier alpha value is -2.63. The summed E-state index contributed by atoms with van der Waals surface area (Å²) in [5, 5.41) is 12.0. The molecule has 5 nitrogen and oxygen atoms in total. The first-order valence-corrected chi connectivity index (χ1v) is 8.24. The van der Waals surface area contributed by atoms with Gasteiger partial charge in [0.25, 0.3) is 5.91 Å². The summed E-state index contributed by atoms with van der Waals surface area (Å²) in [5.41, 5.74) is 1.30. The topological polar surface area (TPSA) is 79.5 Å². The van der Waals surface area contributed by atoms with E-state index in [0.717, 1.165) is 24.8 Å². The molecule has 25 heavy (non-hydrogen) atoms. The van der Waals surface area contributed by atoms with Crippen LogP contribution in [-0.4, -0.2) is 22.5 Å². The fraction of sp³-hybridized carbons (Fsp3) is 0.368. The first-order valence-electron chi connectivity index (χ1n) is 8.24. The van der Waals surface area contributed by atoms with Crippen molar-refractivity contribution in [3.8, 4) is 0 Å². The normalized spacial score (nSPS) is 15.4. The van der Waals surface area contributed by atoms with Gasteiger partial charge in [0.15, 0.2) is 0 Å². The molecule has 1 amide bonds. The number of rotatable bonds is 6. The molecule has 0 spiro atoms. The van der Waals surface area contributed by atoms with Gasteiger partial charge in [0.1, 0.15) is 18.0 Å². The van der Waals surface area contributed by atoms with E-state index in [0.29, 0.717) is 12.0 Å². The number of carboxylic acid groups (broad SMARTS) is 1. The summed E-state index contributed by atoms with van der Waals surface area (Å²) in [4.78, 5) is 23.7. The van der Waals surface area contributed by atoms with Crippen LogP contribution in [0.3, 0.4) is 0 Å². The Morgan fingerprint density at radius 1 is 1.36 bits per heavy atom. The van der Waals surface area contributed by atoms with Crippen molar-refractivity contribution in [2.24, 2.45) is 0 Å². The second kappa shape index (κ2) is 6.70. The molecule has 1 heterocycles. The lowest BCUT2D eigenvalue weighted by molar-refractivity contribution is -0.136. The first kappa shape index (κ1) is 17.2. The number of hydrogen-bond donors (Lipinski definition) is 2. The van der Waals surface area contributed by atoms with E-state index in [1.165, 1.54) is 18.4 Å². The molecular weight excluding hydrogens is 325 g/mol. The lowest BCUT2D eigenvalue weighted by Gasteiger charge is -2.43. The van der Waals surface area contributed by atoms with Crippen LogP contribution in [0, 0.1) is 12.7 Å². The average molecular weight is 345 g/mol. The highest BCUT2D eigenvalue weighted by molar-refractivity contribution is 5.98. The van der Waals surface area contributed by atoms with Gasteiger partial charge in [-0.3, -0.25) is 9.59 Å². The van der Waals surface area contributed by atoms with Crippen LogP contribution in [0.25, 0.3) is 0 Å². The van der Waals surface area contributed by atoms with Crippen LogP contribution in [0.15, 0.2) is 34.9 Å². The van der Waals surface area contributed by atoms with Crippen molar-refractivity contribution >= 4 is 11.9 Å². The van der Waals surface area contributed by atoms with Crippen molar-refractivity contribution in [3.63, 3.8) is 0 Å². The Kier molecular flexibility index (Phi) is 4.61. The van der Waals surface area contributed by atoms with Crippen molar-refractivity contribution in [2.75, 3.05) is 0 Å². The molecule has 1 aliphatic rings. The Morgan fingerprint density at radius 2 is 2.12 bits per heavy atom. The molecule has 1 aromatic heterocycles. The van der Waals surface area contributed by atoms with Gasteiger partial charge in [-0.25, -0.2) is 4.39 Å². The maximum atomic E-state index is 13.4. The molecule has 3 rings (SSSR count). The van der Waals surface area contributed by atoms with Crippen LogP contribution in [-0.2, 0) is 17.6 Å². The number of aliphatic carboxylic acids is 1. The molecule has 1 aliphatic carbocycles. The van der Waals surface area contributed by atoms with Crippen molar-refractivity contribution in [1.82, 2.24) is 5.32 Å². The summed E-state index contributed by atoms with van der Waals surface area (Å²) >= 11 is 0. The van der Waals surface area contributed by atoms with Crippen LogP contribution >= 0.6 is 0 Å². The molecular formula is C19H20FNO4. The zero-order valence-corrected chi connectivity index (χ0v) is 14.0. The number of amides is 1. The lowest BCUT2D eigenvalue weighted by atomic mass is 9.72. The number of halogens is 1. The van der Waals surface area contributed by atoms with E-state index < -0.39 is 11.5 Å². The molecule has 1 saturated carbocycles. The summed E-state index contributed by atoms with van der Waals surface area (Å²) in [6, 6.07) is 6.37. The lowest BCUT2D eigenvalue weighted by Crippen LogP contribution is -2.55. The van der Waals surface area contributed by atoms with Crippen LogP contribution in [0.5, 0.6) is 0 Å². The van der Waals surface area contributed by atoms with E-state index in [1.54, 1.807) is 13.0 Å². The fourth-order valence-corrected chi connectivity index (χ4v) is 3.36. The van der Waals surface area contributed by atoms with Gasteiger partial charge in [-0.1, -0.05) is 12.1 Å². The maximum absolute atomic E-state index is 13.4. The number of nitrogens with one attached hydrogen (secondary N) is 1. The van der Waals surface area contributed by atoms with Crippen molar-refractivity contribution in [2.45, 2.75) is 44.6 Å². The molecule has 1 aromatic carbocycles. The molecule has 0 radical (unpaired) electrons. The van der Waals surface area contributed by atoms with Gasteiger partial charge in [-0.05, 0) is 50.3 Å². The third kappa shape index (κ3) is 3.73. The fourth-order valence-electron chi connectivity index (χ4n) is 3.36. The predicted molar refractivity (Wildman–Crippen MR) is 88.9 cm³/mol. The zero-order valence-electron chi connectivity index (χ0n) is 14.0. The summed E-state index contributed by atoms with van der Waals surface area (Å²) in [5.74, 6) is -1.53. The van der Waals surface area contributed by atoms with Gasteiger partial charge >= 0.3 is 5.97 Å². The summed E-state index contributed by atoms with van der Waals surface area (Å²) < 4.78 is 18.7. The van der Waals surface area contributed by atoms with E-state index in [4.69, 9.17) is 9.52 Å². The highest BCUT2D eigenvalue weighted by atomic mass is 19.1. The number of carbonyl (C=O) groups excluding carboxylic acids is 1. The number of aryl methyl sites for hydroxylation is 1. The molecule has 0 saturated heterocycles. The van der Waals surface area contributed by atoms with Crippen LogP contribution < -0.4 is 5.32 Å². The van der Waals surface area contributed by atoms with Crippen molar-refractivity contribution in [1.29, 1.82) is 0 Å². The smallest absolute Gasteiger partial charge is 0.311 e. The van der Waals surface area contributed by atoms with Crippen LogP contribution in [0.2, 0.25) is 0 Å². The number of benzene rings is 1. The minimum atomic E-state index is -1.05. The van der Waals surface area contributed by atoms with Gasteiger partial charge in [-0.2, -0.15) is 0 Å². The number of furan rings is 1. The molecule has 2 aromatic rings. The summed E-state index contributed by atoms with van der Waals surface area (Å²) in [7, 11) is 0. The van der Waals surface area contributed by atoms with E-state index in [-0.39, 0.29) is 29.5 Å². The summed E-state index contributed by atoms with van der Waals surface area (Å²) in [6.07, 6.45) is 4.20. The average Bonchev–Trinajstić information content (AvgIpc) is 2.85. The maximum Gasteiger partial charge on any atom is 0.311 e. The van der Waals surface area contributed by atoms with Crippen LogP contribution in [0.4, 0.5) is 4.39 Å². The molecule has 132 valence electrons. The Labute approximate surface area is 144 Å². The van der Waals surface area contributed by atoms with Crippen molar-refractivity contribution < 1.29 is 23.5 Å². The predicted octanol–water partition coefficient (Wildman–Crippen LogP) is 3.25. The highest BCUT2D eigenvalue weighted by Gasteiger charge is 2.39. The van der Waals surface area contributed by atoms with E-state index in [1.807, 2.05) is 6.07 Å². The Balaban J connectivity index is 1.79. The third-order valence-electron chi connectivity index (χ3n) is 4.71. The molecule has 2 N–H and O–H groups in total.